The van der Waals surface area contributed by atoms with E-state index in [1.807, 2.05) is 0 Å². The van der Waals surface area contributed by atoms with E-state index in [0.717, 1.165) is 12.1 Å². The molecule has 1 heterocycles. The van der Waals surface area contributed by atoms with E-state index in [0.29, 0.717) is 24.8 Å². The van der Waals surface area contributed by atoms with Crippen molar-refractivity contribution in [1.82, 2.24) is 0 Å². The second-order valence-electron chi connectivity index (χ2n) is 12.2. The summed E-state index contributed by atoms with van der Waals surface area (Å²) in [6, 6.07) is 4.62. The summed E-state index contributed by atoms with van der Waals surface area (Å²) in [7, 11) is 0. The van der Waals surface area contributed by atoms with Gasteiger partial charge in [-0.25, -0.2) is 4.39 Å². The Morgan fingerprint density at radius 2 is 1.97 bits per heavy atom. The first kappa shape index (κ1) is 26.7. The molecule has 3 saturated carbocycles. The molecule has 0 spiro atoms. The van der Waals surface area contributed by atoms with Crippen molar-refractivity contribution in [3.8, 4) is 0 Å². The minimum absolute atomic E-state index is 0.0814. The Morgan fingerprint density at radius 3 is 2.67 bits per heavy atom. The first-order valence-electron chi connectivity index (χ1n) is 13.3. The number of carbonyl (C=O) groups is 2. The summed E-state index contributed by atoms with van der Waals surface area (Å²) < 4.78 is 57.6. The average Bonchev–Trinajstić information content (AvgIpc) is 3.38. The molecule has 1 aliphatic heterocycles. The number of nitrogens with zero attached hydrogens (tertiary/aromatic N) is 1. The Bertz CT molecular complexity index is 1310. The van der Waals surface area contributed by atoms with Gasteiger partial charge in [0.1, 0.15) is 6.61 Å². The van der Waals surface area contributed by atoms with Crippen molar-refractivity contribution in [3.05, 3.63) is 53.6 Å². The topological polar surface area (TPSA) is 87.1 Å². The summed E-state index contributed by atoms with van der Waals surface area (Å²) in [6.07, 6.45) is -0.705. The number of allylic oxidation sites excluding steroid dienone is 4. The lowest BCUT2D eigenvalue weighted by molar-refractivity contribution is -0.223. The number of Topliss-reactive ketones (excluding diaryl/α,β-unsaturated/α-hetero) is 1. The molecular formula is C29H31F4NO5. The molecule has 0 radical (unpaired) electrons. The van der Waals surface area contributed by atoms with E-state index in [9.17, 15) is 33.0 Å². The minimum atomic E-state index is -4.57. The molecule has 1 saturated heterocycles. The monoisotopic (exact) mass is 549 g/mol. The molecule has 0 bridgehead atoms. The van der Waals surface area contributed by atoms with Crippen LogP contribution in [0.5, 0.6) is 0 Å². The maximum Gasteiger partial charge on any atom is 0.416 e. The number of fused-ring (bicyclic) bond motifs is 7. The fraction of sp³-hybridized carbons (Fsp3) is 0.586. The van der Waals surface area contributed by atoms with Crippen LogP contribution in [0.3, 0.4) is 0 Å². The highest BCUT2D eigenvalue weighted by atomic mass is 19.4. The molecule has 1 aromatic rings. The number of aliphatic hydroxyl groups is 2. The molecule has 4 aliphatic carbocycles. The molecule has 2 N–H and O–H groups in total. The first-order chi connectivity index (χ1) is 18.2. The van der Waals surface area contributed by atoms with Crippen LogP contribution in [-0.4, -0.2) is 52.3 Å². The Labute approximate surface area is 223 Å². The Balaban J connectivity index is 1.41. The maximum atomic E-state index is 17.4. The molecule has 39 heavy (non-hydrogen) atoms. The van der Waals surface area contributed by atoms with E-state index in [-0.39, 0.29) is 24.4 Å². The van der Waals surface area contributed by atoms with Gasteiger partial charge in [-0.15, -0.1) is 0 Å². The highest BCUT2D eigenvalue weighted by molar-refractivity contribution is 6.01. The smallest absolute Gasteiger partial charge is 0.390 e. The van der Waals surface area contributed by atoms with Gasteiger partial charge in [-0.2, -0.15) is 13.2 Å². The van der Waals surface area contributed by atoms with Crippen molar-refractivity contribution in [2.75, 3.05) is 18.2 Å². The van der Waals surface area contributed by atoms with Gasteiger partial charge in [-0.05, 0) is 68.9 Å². The summed E-state index contributed by atoms with van der Waals surface area (Å²) in [5.41, 5.74) is -6.12. The molecular weight excluding hydrogens is 518 g/mol. The summed E-state index contributed by atoms with van der Waals surface area (Å²) in [4.78, 5) is 31.9. The van der Waals surface area contributed by atoms with Gasteiger partial charge >= 0.3 is 6.18 Å². The Morgan fingerprint density at radius 1 is 1.23 bits per heavy atom. The van der Waals surface area contributed by atoms with E-state index in [2.05, 4.69) is 0 Å². The van der Waals surface area contributed by atoms with Gasteiger partial charge in [0.05, 0.1) is 23.9 Å². The zero-order chi connectivity index (χ0) is 28.2. The fourth-order valence-electron chi connectivity index (χ4n) is 8.86. The number of hydrogen-bond donors (Lipinski definition) is 2. The van der Waals surface area contributed by atoms with Gasteiger partial charge in [0, 0.05) is 22.7 Å². The highest BCUT2D eigenvalue weighted by Crippen LogP contribution is 2.72. The maximum absolute atomic E-state index is 17.4. The van der Waals surface area contributed by atoms with Gasteiger partial charge in [-0.3, -0.25) is 19.5 Å². The van der Waals surface area contributed by atoms with Crippen LogP contribution < -0.4 is 5.06 Å². The standard InChI is InChI=1S/C29H31F4NO5/c1-25-9-8-20(36)11-16(25)6-7-21-22-12-18-14-34(19-5-3-4-17(10-19)29(31,32)33)39-28(18,24(38)15-35)26(22,2)13-23(37)27(21,25)30/h3-5,8-11,18,21-23,35,37H,6-7,12-15H2,1-2H3/t18-,21-,22-,23-,25-,26-,27-,28-/m0/s1. The zero-order valence-electron chi connectivity index (χ0n) is 21.7. The van der Waals surface area contributed by atoms with E-state index < -0.39 is 70.1 Å². The molecule has 1 aromatic carbocycles. The molecule has 6 nitrogen and oxygen atoms in total. The third-order valence-electron chi connectivity index (χ3n) is 10.7. The molecule has 10 heteroatoms. The number of halogens is 4. The van der Waals surface area contributed by atoms with Crippen LogP contribution in [0, 0.1) is 28.6 Å². The third-order valence-corrected chi connectivity index (χ3v) is 10.7. The van der Waals surface area contributed by atoms with Crippen LogP contribution in [-0.2, 0) is 20.6 Å². The van der Waals surface area contributed by atoms with Crippen LogP contribution in [0.4, 0.5) is 23.2 Å². The predicted octanol–water partition coefficient (Wildman–Crippen LogP) is 4.35. The summed E-state index contributed by atoms with van der Waals surface area (Å²) >= 11 is 0. The number of benzene rings is 1. The lowest BCUT2D eigenvalue weighted by atomic mass is 9.44. The molecule has 0 amide bonds. The number of anilines is 1. The van der Waals surface area contributed by atoms with Crippen molar-refractivity contribution >= 4 is 17.3 Å². The SMILES string of the molecule is C[C@]12C=CC(=O)C=C1CC[C@H]1[C@@H]3C[C@H]4CN(c5cccc(C(F)(F)F)c5)O[C@@]4(C(=O)CO)[C@@]3(C)C[C@H](O)[C@@]12F. The van der Waals surface area contributed by atoms with Crippen LogP contribution in [0.2, 0.25) is 0 Å². The molecule has 0 aromatic heterocycles. The molecule has 4 fully saturated rings. The van der Waals surface area contributed by atoms with E-state index in [1.54, 1.807) is 19.9 Å². The second-order valence-corrected chi connectivity index (χ2v) is 12.2. The van der Waals surface area contributed by atoms with Crippen molar-refractivity contribution in [2.24, 2.45) is 28.6 Å². The molecule has 6 rings (SSSR count). The van der Waals surface area contributed by atoms with Crippen molar-refractivity contribution in [3.63, 3.8) is 0 Å². The Hall–Kier alpha value is -2.56. The minimum Gasteiger partial charge on any atom is -0.390 e. The number of ketones is 2. The van der Waals surface area contributed by atoms with Gasteiger partial charge in [0.2, 0.25) is 0 Å². The van der Waals surface area contributed by atoms with Crippen molar-refractivity contribution in [1.29, 1.82) is 0 Å². The lowest BCUT2D eigenvalue weighted by Gasteiger charge is -2.62. The molecule has 0 unspecified atom stereocenters. The first-order valence-corrected chi connectivity index (χ1v) is 13.3. The van der Waals surface area contributed by atoms with Gasteiger partial charge in [0.25, 0.3) is 0 Å². The van der Waals surface area contributed by atoms with Gasteiger partial charge in [-0.1, -0.05) is 24.6 Å². The largest absolute Gasteiger partial charge is 0.416 e. The van der Waals surface area contributed by atoms with Gasteiger partial charge in [0.15, 0.2) is 22.8 Å². The molecule has 210 valence electrons. The number of alkyl halides is 4. The van der Waals surface area contributed by atoms with Crippen molar-refractivity contribution in [2.45, 2.75) is 63.1 Å². The summed E-state index contributed by atoms with van der Waals surface area (Å²) in [5, 5.41) is 22.9. The summed E-state index contributed by atoms with van der Waals surface area (Å²) in [6.45, 7) is 2.71. The number of hydrogen-bond acceptors (Lipinski definition) is 6. The predicted molar refractivity (Wildman–Crippen MR) is 132 cm³/mol. The van der Waals surface area contributed by atoms with E-state index in [1.165, 1.54) is 29.3 Å². The second kappa shape index (κ2) is 8.24. The van der Waals surface area contributed by atoms with E-state index >= 15 is 4.39 Å². The third kappa shape index (κ3) is 3.25. The normalized spacial score (nSPS) is 42.9. The molecule has 8 atom stereocenters. The number of aliphatic hydroxyl groups excluding tert-OH is 2. The fourth-order valence-corrected chi connectivity index (χ4v) is 8.86. The molecule has 5 aliphatic rings. The lowest BCUT2D eigenvalue weighted by Crippen LogP contribution is -2.69. The van der Waals surface area contributed by atoms with Crippen LogP contribution in [0.15, 0.2) is 48.1 Å². The number of rotatable bonds is 3. The number of carbonyl (C=O) groups excluding carboxylic acids is 2. The highest BCUT2D eigenvalue weighted by Gasteiger charge is 2.78. The van der Waals surface area contributed by atoms with Crippen LogP contribution in [0.25, 0.3) is 0 Å². The van der Waals surface area contributed by atoms with Gasteiger partial charge < -0.3 is 10.2 Å². The zero-order valence-corrected chi connectivity index (χ0v) is 21.7. The summed E-state index contributed by atoms with van der Waals surface area (Å²) in [5.74, 6) is -2.45. The number of hydroxylamine groups is 1. The van der Waals surface area contributed by atoms with E-state index in [4.69, 9.17) is 4.84 Å². The van der Waals surface area contributed by atoms with Crippen LogP contribution in [0.1, 0.15) is 45.1 Å². The van der Waals surface area contributed by atoms with Crippen molar-refractivity contribution < 1.29 is 42.2 Å². The van der Waals surface area contributed by atoms with Crippen LogP contribution >= 0.6 is 0 Å². The Kier molecular flexibility index (Phi) is 5.63. The quantitative estimate of drug-likeness (QED) is 0.546. The average molecular weight is 550 g/mol.